The number of nitrogens with one attached hydrogen (secondary N) is 2. The van der Waals surface area contributed by atoms with Crippen molar-refractivity contribution in [1.29, 1.82) is 0 Å². The van der Waals surface area contributed by atoms with E-state index in [4.69, 9.17) is 17.0 Å². The first-order chi connectivity index (χ1) is 19.6. The number of methoxy groups -OCH3 is 1. The summed E-state index contributed by atoms with van der Waals surface area (Å²) < 4.78 is 7.70. The molecule has 0 saturated carbocycles. The maximum atomic E-state index is 12.7. The molecule has 1 aliphatic heterocycles. The molecule has 1 aliphatic rings. The Balaban J connectivity index is 1.60. The van der Waals surface area contributed by atoms with Gasteiger partial charge in [-0.2, -0.15) is 0 Å². The summed E-state index contributed by atoms with van der Waals surface area (Å²) in [4.78, 5) is 30.7. The predicted molar refractivity (Wildman–Crippen MR) is 162 cm³/mol. The van der Waals surface area contributed by atoms with Gasteiger partial charge in [-0.1, -0.05) is 26.8 Å². The minimum atomic E-state index is -0.980. The largest absolute Gasteiger partial charge is 0.494 e. The number of rotatable bonds is 7. The lowest BCUT2D eigenvalue weighted by atomic mass is 9.95. The molecule has 9 nitrogen and oxygen atoms in total. The Morgan fingerprint density at radius 3 is 2.39 bits per heavy atom. The van der Waals surface area contributed by atoms with E-state index < -0.39 is 11.4 Å². The molecule has 1 amide bonds. The van der Waals surface area contributed by atoms with E-state index in [0.717, 1.165) is 22.8 Å². The van der Waals surface area contributed by atoms with Gasteiger partial charge in [0.15, 0.2) is 5.11 Å². The van der Waals surface area contributed by atoms with Crippen LogP contribution in [0.25, 0.3) is 5.69 Å². The summed E-state index contributed by atoms with van der Waals surface area (Å²) in [5, 5.41) is 16.3. The number of aromatic nitrogens is 2. The van der Waals surface area contributed by atoms with E-state index in [2.05, 4.69) is 15.6 Å². The predicted octanol–water partition coefficient (Wildman–Crippen LogP) is 5.74. The molecule has 2 unspecified atom stereocenters. The van der Waals surface area contributed by atoms with Gasteiger partial charge in [-0.25, -0.2) is 4.79 Å². The summed E-state index contributed by atoms with van der Waals surface area (Å²) in [7, 11) is 1.56. The molecule has 3 N–H and O–H groups in total. The van der Waals surface area contributed by atoms with Gasteiger partial charge in [-0.15, -0.1) is 0 Å². The number of carbonyl (C=O) groups excluding carboxylic acids is 1. The second kappa shape index (κ2) is 11.1. The lowest BCUT2D eigenvalue weighted by Gasteiger charge is -2.29. The molecule has 5 rings (SSSR count). The van der Waals surface area contributed by atoms with Crippen molar-refractivity contribution in [2.24, 2.45) is 5.41 Å². The van der Waals surface area contributed by atoms with Gasteiger partial charge in [0, 0.05) is 40.9 Å². The van der Waals surface area contributed by atoms with Crippen molar-refractivity contribution < 1.29 is 19.4 Å². The average Bonchev–Trinajstić information content (AvgIpc) is 3.57. The van der Waals surface area contributed by atoms with Crippen molar-refractivity contribution in [3.63, 3.8) is 0 Å². The van der Waals surface area contributed by atoms with E-state index in [1.807, 2.05) is 85.0 Å². The van der Waals surface area contributed by atoms with E-state index in [0.29, 0.717) is 16.5 Å². The number of nitrogens with zero attached hydrogens (tertiary/aromatic N) is 3. The van der Waals surface area contributed by atoms with Crippen LogP contribution >= 0.6 is 12.2 Å². The fraction of sp³-hybridized carbons (Fsp3) is 0.226. The molecule has 2 aromatic carbocycles. The van der Waals surface area contributed by atoms with Gasteiger partial charge in [0.2, 0.25) is 5.91 Å². The number of carboxylic acid groups (broad SMARTS) is 1. The van der Waals surface area contributed by atoms with Gasteiger partial charge in [0.05, 0.1) is 30.1 Å². The molecule has 210 valence electrons. The van der Waals surface area contributed by atoms with Gasteiger partial charge in [-0.05, 0) is 72.9 Å². The summed E-state index contributed by atoms with van der Waals surface area (Å²) >= 11 is 5.89. The van der Waals surface area contributed by atoms with Crippen LogP contribution in [0.3, 0.4) is 0 Å². The van der Waals surface area contributed by atoms with E-state index in [9.17, 15) is 14.7 Å². The Labute approximate surface area is 243 Å². The first kappa shape index (κ1) is 27.9. The Morgan fingerprint density at radius 1 is 1.02 bits per heavy atom. The number of hydrogen-bond donors (Lipinski definition) is 3. The second-order valence-corrected chi connectivity index (χ2v) is 11.1. The Kier molecular flexibility index (Phi) is 7.51. The van der Waals surface area contributed by atoms with Gasteiger partial charge in [0.1, 0.15) is 11.8 Å². The minimum Gasteiger partial charge on any atom is -0.494 e. The maximum absolute atomic E-state index is 12.7. The second-order valence-electron chi connectivity index (χ2n) is 10.7. The van der Waals surface area contributed by atoms with Gasteiger partial charge >= 0.3 is 5.97 Å². The number of hydrogen-bond acceptors (Lipinski definition) is 5. The molecule has 4 aromatic rings. The topological polar surface area (TPSA) is 109 Å². The quantitative estimate of drug-likeness (QED) is 0.242. The van der Waals surface area contributed by atoms with Crippen LogP contribution in [0.1, 0.15) is 54.6 Å². The third kappa shape index (κ3) is 5.51. The third-order valence-electron chi connectivity index (χ3n) is 6.97. The normalized spacial score (nSPS) is 16.8. The van der Waals surface area contributed by atoms with Crippen LogP contribution in [-0.4, -0.2) is 38.8 Å². The monoisotopic (exact) mass is 569 g/mol. The van der Waals surface area contributed by atoms with E-state index >= 15 is 0 Å². The zero-order valence-corrected chi connectivity index (χ0v) is 24.0. The summed E-state index contributed by atoms with van der Waals surface area (Å²) in [5.41, 5.74) is 3.52. The molecule has 2 atom stereocenters. The van der Waals surface area contributed by atoms with Crippen LogP contribution in [0, 0.1) is 5.41 Å². The summed E-state index contributed by atoms with van der Waals surface area (Å²) in [6, 6.07) is 21.4. The SMILES string of the molecule is COc1cc(N2C(=S)NC(c3ccccn3)C2c2cccn2-c2ccc(C(=O)O)cc2)ccc1NC(=O)C(C)(C)C. The number of thiocarbonyl (C=S) groups is 1. The molecule has 3 heterocycles. The standard InChI is InChI=1S/C31H31N5O4S/c1-31(2,3)29(39)33-22-15-14-21(18-25(22)40-4)36-27(26(34-30(36)41)23-8-5-6-16-32-23)24-9-7-17-35(24)20-12-10-19(11-13-20)28(37)38/h5-18,26-27H,1-4H3,(H,33,39)(H,34,41)(H,37,38). The average molecular weight is 570 g/mol. The molecular weight excluding hydrogens is 538 g/mol. The highest BCUT2D eigenvalue weighted by molar-refractivity contribution is 7.80. The van der Waals surface area contributed by atoms with E-state index in [1.165, 1.54) is 0 Å². The van der Waals surface area contributed by atoms with E-state index in [-0.39, 0.29) is 23.6 Å². The molecule has 1 saturated heterocycles. The molecule has 10 heteroatoms. The molecule has 41 heavy (non-hydrogen) atoms. The van der Waals surface area contributed by atoms with Crippen LogP contribution in [0.5, 0.6) is 5.75 Å². The number of benzene rings is 2. The first-order valence-electron chi connectivity index (χ1n) is 13.1. The molecule has 1 fully saturated rings. The van der Waals surface area contributed by atoms with Crippen molar-refractivity contribution in [2.45, 2.75) is 32.9 Å². The van der Waals surface area contributed by atoms with Crippen molar-refractivity contribution >= 4 is 40.6 Å². The first-order valence-corrected chi connectivity index (χ1v) is 13.5. The summed E-state index contributed by atoms with van der Waals surface area (Å²) in [5.74, 6) is -0.601. The third-order valence-corrected chi connectivity index (χ3v) is 7.28. The molecule has 0 bridgehead atoms. The van der Waals surface area contributed by atoms with Crippen molar-refractivity contribution in [3.05, 3.63) is 102 Å². The van der Waals surface area contributed by atoms with Crippen molar-refractivity contribution in [2.75, 3.05) is 17.3 Å². The number of amides is 1. The zero-order chi connectivity index (χ0) is 29.3. The number of pyridine rings is 1. The Hall–Kier alpha value is -4.70. The molecule has 2 aromatic heterocycles. The Bertz CT molecular complexity index is 1590. The number of carboxylic acids is 1. The highest BCUT2D eigenvalue weighted by Gasteiger charge is 2.42. The van der Waals surface area contributed by atoms with Crippen LogP contribution in [0.2, 0.25) is 0 Å². The van der Waals surface area contributed by atoms with Crippen molar-refractivity contribution in [3.8, 4) is 11.4 Å². The maximum Gasteiger partial charge on any atom is 0.335 e. The summed E-state index contributed by atoms with van der Waals surface area (Å²) in [6.07, 6.45) is 3.69. The zero-order valence-electron chi connectivity index (χ0n) is 23.2. The van der Waals surface area contributed by atoms with Crippen LogP contribution in [-0.2, 0) is 4.79 Å². The summed E-state index contributed by atoms with van der Waals surface area (Å²) in [6.45, 7) is 5.55. The smallest absolute Gasteiger partial charge is 0.335 e. The molecule has 0 aliphatic carbocycles. The lowest BCUT2D eigenvalue weighted by molar-refractivity contribution is -0.123. The molecular formula is C31H31N5O4S. The molecule has 0 spiro atoms. The highest BCUT2D eigenvalue weighted by Crippen LogP contribution is 2.44. The van der Waals surface area contributed by atoms with Gasteiger partial charge in [-0.3, -0.25) is 9.78 Å². The lowest BCUT2D eigenvalue weighted by Crippen LogP contribution is -2.30. The van der Waals surface area contributed by atoms with Crippen LogP contribution in [0.4, 0.5) is 11.4 Å². The van der Waals surface area contributed by atoms with Crippen LogP contribution in [0.15, 0.2) is 85.2 Å². The minimum absolute atomic E-state index is 0.123. The number of aromatic carboxylic acids is 1. The van der Waals surface area contributed by atoms with Gasteiger partial charge in [0.25, 0.3) is 0 Å². The fourth-order valence-electron chi connectivity index (χ4n) is 4.81. The van der Waals surface area contributed by atoms with Gasteiger partial charge < -0.3 is 29.9 Å². The molecule has 0 radical (unpaired) electrons. The van der Waals surface area contributed by atoms with Crippen molar-refractivity contribution in [1.82, 2.24) is 14.9 Å². The number of carbonyl (C=O) groups is 2. The number of ether oxygens (including phenoxy) is 1. The highest BCUT2D eigenvalue weighted by atomic mass is 32.1. The van der Waals surface area contributed by atoms with Crippen LogP contribution < -0.4 is 20.3 Å². The Morgan fingerprint density at radius 2 is 1.76 bits per heavy atom. The fourth-order valence-corrected chi connectivity index (χ4v) is 5.16. The van der Waals surface area contributed by atoms with E-state index in [1.54, 1.807) is 37.6 Å². The number of anilines is 2.